The Hall–Kier alpha value is -4.20. The molecule has 41 heavy (non-hydrogen) atoms. The summed E-state index contributed by atoms with van der Waals surface area (Å²) in [6, 6.07) is 18.5. The van der Waals surface area contributed by atoms with Crippen LogP contribution in [0.4, 0.5) is 4.39 Å². The number of carbonyl (C=O) groups excluding carboxylic acids is 3. The highest BCUT2D eigenvalue weighted by molar-refractivity contribution is 5.95. The van der Waals surface area contributed by atoms with Crippen molar-refractivity contribution in [3.63, 3.8) is 0 Å². The minimum absolute atomic E-state index is 0.00146. The Bertz CT molecular complexity index is 1410. The first-order chi connectivity index (χ1) is 19.7. The number of fused-ring (bicyclic) bond motifs is 1. The van der Waals surface area contributed by atoms with Crippen molar-refractivity contribution >= 4 is 17.7 Å². The minimum Gasteiger partial charge on any atom is -0.496 e. The number of benzene rings is 3. The van der Waals surface area contributed by atoms with Crippen molar-refractivity contribution in [2.45, 2.75) is 32.7 Å². The molecule has 0 spiro atoms. The summed E-state index contributed by atoms with van der Waals surface area (Å²) in [4.78, 5) is 43.3. The van der Waals surface area contributed by atoms with Gasteiger partial charge in [-0.05, 0) is 60.4 Å². The van der Waals surface area contributed by atoms with E-state index in [1.807, 2.05) is 66.1 Å². The number of hydrogen-bond acceptors (Lipinski definition) is 4. The van der Waals surface area contributed by atoms with E-state index in [1.165, 1.54) is 12.1 Å². The van der Waals surface area contributed by atoms with E-state index < -0.39 is 11.9 Å². The van der Waals surface area contributed by atoms with Crippen molar-refractivity contribution in [1.29, 1.82) is 0 Å². The Morgan fingerprint density at radius 1 is 0.902 bits per heavy atom. The van der Waals surface area contributed by atoms with Gasteiger partial charge in [0.25, 0.3) is 5.91 Å². The zero-order chi connectivity index (χ0) is 29.1. The van der Waals surface area contributed by atoms with Gasteiger partial charge in [0, 0.05) is 43.6 Å². The van der Waals surface area contributed by atoms with Crippen LogP contribution < -0.4 is 10.1 Å². The van der Waals surface area contributed by atoms with E-state index >= 15 is 0 Å². The Labute approximate surface area is 240 Å². The predicted molar refractivity (Wildman–Crippen MR) is 154 cm³/mol. The second-order valence-corrected chi connectivity index (χ2v) is 11.2. The highest BCUT2D eigenvalue weighted by Crippen LogP contribution is 2.34. The molecule has 2 saturated heterocycles. The number of amides is 3. The SMILES string of the molecule is COc1c(C)cc(C(=O)N2C[C@H]3CN(C(=O)C[C@H](NC(=O)Cc4ccccc4)c4cccc(F)c4)C[C@H]3C2)cc1C. The summed E-state index contributed by atoms with van der Waals surface area (Å²) in [7, 11) is 1.63. The normalized spacial score (nSPS) is 18.6. The maximum Gasteiger partial charge on any atom is 0.253 e. The molecule has 2 aliphatic heterocycles. The number of carbonyl (C=O) groups is 3. The van der Waals surface area contributed by atoms with Gasteiger partial charge in [0.2, 0.25) is 11.8 Å². The van der Waals surface area contributed by atoms with E-state index in [-0.39, 0.29) is 42.4 Å². The average molecular weight is 558 g/mol. The maximum absolute atomic E-state index is 14.1. The van der Waals surface area contributed by atoms with Crippen LogP contribution in [0.2, 0.25) is 0 Å². The summed E-state index contributed by atoms with van der Waals surface area (Å²) in [5.41, 5.74) is 3.92. The van der Waals surface area contributed by atoms with Gasteiger partial charge in [-0.2, -0.15) is 0 Å². The molecule has 2 heterocycles. The van der Waals surface area contributed by atoms with E-state index in [1.54, 1.807) is 19.2 Å². The van der Waals surface area contributed by atoms with Gasteiger partial charge in [-0.15, -0.1) is 0 Å². The van der Waals surface area contributed by atoms with Gasteiger partial charge in [-0.1, -0.05) is 42.5 Å². The molecular formula is C33H36FN3O4. The molecule has 0 unspecified atom stereocenters. The third-order valence-corrected chi connectivity index (χ3v) is 8.21. The molecule has 0 radical (unpaired) electrons. The number of ether oxygens (including phenoxy) is 1. The first kappa shape index (κ1) is 28.3. The van der Waals surface area contributed by atoms with Gasteiger partial charge in [0.05, 0.1) is 26.0 Å². The van der Waals surface area contributed by atoms with Crippen molar-refractivity contribution in [3.8, 4) is 5.75 Å². The molecule has 8 heteroatoms. The molecule has 214 valence electrons. The summed E-state index contributed by atoms with van der Waals surface area (Å²) < 4.78 is 19.5. The Morgan fingerprint density at radius 3 is 2.15 bits per heavy atom. The fourth-order valence-electron chi connectivity index (χ4n) is 6.25. The first-order valence-corrected chi connectivity index (χ1v) is 14.0. The smallest absolute Gasteiger partial charge is 0.253 e. The molecular weight excluding hydrogens is 521 g/mol. The summed E-state index contributed by atoms with van der Waals surface area (Å²) >= 11 is 0. The van der Waals surface area contributed by atoms with Crippen LogP contribution >= 0.6 is 0 Å². The molecule has 0 aromatic heterocycles. The quantitative estimate of drug-likeness (QED) is 0.443. The largest absolute Gasteiger partial charge is 0.496 e. The van der Waals surface area contributed by atoms with Crippen LogP contribution in [0.1, 0.15) is 45.1 Å². The third-order valence-electron chi connectivity index (χ3n) is 8.21. The Balaban J connectivity index is 1.21. The number of nitrogens with zero attached hydrogens (tertiary/aromatic N) is 2. The number of rotatable bonds is 8. The highest BCUT2D eigenvalue weighted by atomic mass is 19.1. The lowest BCUT2D eigenvalue weighted by molar-refractivity contribution is -0.131. The van der Waals surface area contributed by atoms with Crippen molar-refractivity contribution in [1.82, 2.24) is 15.1 Å². The number of hydrogen-bond donors (Lipinski definition) is 1. The number of likely N-dealkylation sites (tertiary alicyclic amines) is 2. The molecule has 5 rings (SSSR count). The summed E-state index contributed by atoms with van der Waals surface area (Å²) in [6.45, 7) is 6.18. The molecule has 1 N–H and O–H groups in total. The lowest BCUT2D eigenvalue weighted by Gasteiger charge is -2.25. The van der Waals surface area contributed by atoms with Gasteiger partial charge >= 0.3 is 0 Å². The lowest BCUT2D eigenvalue weighted by Crippen LogP contribution is -2.38. The fourth-order valence-corrected chi connectivity index (χ4v) is 6.25. The van der Waals surface area contributed by atoms with Crippen molar-refractivity contribution in [2.24, 2.45) is 11.8 Å². The van der Waals surface area contributed by atoms with E-state index in [0.29, 0.717) is 37.3 Å². The molecule has 3 aromatic rings. The van der Waals surface area contributed by atoms with Gasteiger partial charge in [-0.25, -0.2) is 4.39 Å². The topological polar surface area (TPSA) is 79.0 Å². The van der Waals surface area contributed by atoms with Gasteiger partial charge < -0.3 is 19.9 Å². The lowest BCUT2D eigenvalue weighted by atomic mass is 10.0. The zero-order valence-corrected chi connectivity index (χ0v) is 23.7. The van der Waals surface area contributed by atoms with Gasteiger partial charge in [0.1, 0.15) is 11.6 Å². The molecule has 0 aliphatic carbocycles. The van der Waals surface area contributed by atoms with Crippen LogP contribution in [-0.4, -0.2) is 60.8 Å². The molecule has 2 aliphatic rings. The van der Waals surface area contributed by atoms with Crippen LogP contribution in [-0.2, 0) is 16.0 Å². The molecule has 3 atom stereocenters. The number of nitrogens with one attached hydrogen (secondary N) is 1. The highest BCUT2D eigenvalue weighted by Gasteiger charge is 2.43. The third kappa shape index (κ3) is 6.42. The molecule has 0 bridgehead atoms. The van der Waals surface area contributed by atoms with E-state index in [4.69, 9.17) is 4.74 Å². The first-order valence-electron chi connectivity index (χ1n) is 14.0. The van der Waals surface area contributed by atoms with Crippen LogP contribution in [0.25, 0.3) is 0 Å². The summed E-state index contributed by atoms with van der Waals surface area (Å²) in [5.74, 6) is 0.454. The van der Waals surface area contributed by atoms with E-state index in [9.17, 15) is 18.8 Å². The maximum atomic E-state index is 14.1. The fraction of sp³-hybridized carbons (Fsp3) is 0.364. The minimum atomic E-state index is -0.644. The number of aryl methyl sites for hydroxylation is 2. The van der Waals surface area contributed by atoms with Crippen LogP contribution in [0.5, 0.6) is 5.75 Å². The predicted octanol–water partition coefficient (Wildman–Crippen LogP) is 4.47. The second-order valence-electron chi connectivity index (χ2n) is 11.2. The monoisotopic (exact) mass is 557 g/mol. The van der Waals surface area contributed by atoms with Crippen LogP contribution in [0, 0.1) is 31.5 Å². The number of halogens is 1. The second kappa shape index (κ2) is 12.1. The molecule has 0 saturated carbocycles. The van der Waals surface area contributed by atoms with Crippen molar-refractivity contribution < 1.29 is 23.5 Å². The molecule has 2 fully saturated rings. The Morgan fingerprint density at radius 2 is 1.54 bits per heavy atom. The molecule has 3 aromatic carbocycles. The zero-order valence-electron chi connectivity index (χ0n) is 23.7. The molecule has 3 amide bonds. The standard InChI is InChI=1S/C33H36FN3O4/c1-21-12-25(13-22(2)32(21)41-3)33(40)37-19-26-17-36(18-27(26)20-37)31(39)16-29(24-10-7-11-28(34)15-24)35-30(38)14-23-8-5-4-6-9-23/h4-13,15,26-27,29H,14,16-20H2,1-3H3,(H,35,38)/t26-,27+,29-/m0/s1. The Kier molecular flexibility index (Phi) is 8.38. The van der Waals surface area contributed by atoms with Gasteiger partial charge in [0.15, 0.2) is 0 Å². The molecule has 7 nitrogen and oxygen atoms in total. The van der Waals surface area contributed by atoms with Crippen molar-refractivity contribution in [2.75, 3.05) is 33.3 Å². The summed E-state index contributed by atoms with van der Waals surface area (Å²) in [6.07, 6.45) is 0.211. The van der Waals surface area contributed by atoms with Crippen LogP contribution in [0.3, 0.4) is 0 Å². The van der Waals surface area contributed by atoms with Crippen LogP contribution in [0.15, 0.2) is 66.7 Å². The summed E-state index contributed by atoms with van der Waals surface area (Å²) in [5, 5.41) is 2.96. The number of methoxy groups -OCH3 is 1. The van der Waals surface area contributed by atoms with Gasteiger partial charge in [-0.3, -0.25) is 14.4 Å². The van der Waals surface area contributed by atoms with Crippen molar-refractivity contribution in [3.05, 3.63) is 100 Å². The average Bonchev–Trinajstić information content (AvgIpc) is 3.53. The van der Waals surface area contributed by atoms with E-state index in [0.717, 1.165) is 22.4 Å². The van der Waals surface area contributed by atoms with E-state index in [2.05, 4.69) is 5.32 Å².